The van der Waals surface area contributed by atoms with Gasteiger partial charge in [0.05, 0.1) is 11.7 Å². The lowest BCUT2D eigenvalue weighted by molar-refractivity contribution is 0.626. The summed E-state index contributed by atoms with van der Waals surface area (Å²) in [7, 11) is 0. The van der Waals surface area contributed by atoms with E-state index in [4.69, 9.17) is 23.2 Å². The first kappa shape index (κ1) is 14.6. The summed E-state index contributed by atoms with van der Waals surface area (Å²) in [6, 6.07) is 6.01. The van der Waals surface area contributed by atoms with Crippen molar-refractivity contribution in [3.05, 3.63) is 56.5 Å². The molecule has 1 heterocycles. The summed E-state index contributed by atoms with van der Waals surface area (Å²) in [5.74, 6) is -0.358. The first-order valence-corrected chi connectivity index (χ1v) is 7.05. The molecule has 2 aromatic rings. The summed E-state index contributed by atoms with van der Waals surface area (Å²) < 4.78 is 13.8. The van der Waals surface area contributed by atoms with Gasteiger partial charge in [-0.3, -0.25) is 0 Å². The molecule has 1 unspecified atom stereocenters. The maximum absolute atomic E-state index is 13.0. The lowest BCUT2D eigenvalue weighted by Gasteiger charge is -2.17. The maximum Gasteiger partial charge on any atom is 0.152 e. The van der Waals surface area contributed by atoms with Gasteiger partial charge in [-0.2, -0.15) is 0 Å². The molecule has 6 heteroatoms. The van der Waals surface area contributed by atoms with Crippen LogP contribution in [0.5, 0.6) is 0 Å². The van der Waals surface area contributed by atoms with Crippen molar-refractivity contribution in [3.63, 3.8) is 0 Å². The zero-order valence-electron chi connectivity index (χ0n) is 9.92. The van der Waals surface area contributed by atoms with Gasteiger partial charge in [0.2, 0.25) is 0 Å². The van der Waals surface area contributed by atoms with Crippen LogP contribution < -0.4 is 5.32 Å². The summed E-state index contributed by atoms with van der Waals surface area (Å²) in [6.07, 6.45) is 1.61. The second-order valence-electron chi connectivity index (χ2n) is 4.02. The lowest BCUT2D eigenvalue weighted by Crippen LogP contribution is -2.08. The number of nitrogens with zero attached hydrogens (tertiary/aromatic N) is 1. The molecular formula is C13H10BrCl2FN2. The quantitative estimate of drug-likeness (QED) is 0.732. The predicted molar refractivity (Wildman–Crippen MR) is 80.4 cm³/mol. The molecule has 0 radical (unpaired) electrons. The molecule has 0 aliphatic rings. The number of benzene rings is 1. The fourth-order valence-electron chi connectivity index (χ4n) is 1.69. The van der Waals surface area contributed by atoms with E-state index in [1.54, 1.807) is 12.3 Å². The molecule has 0 amide bonds. The summed E-state index contributed by atoms with van der Waals surface area (Å²) in [6.45, 7) is 1.91. The molecule has 100 valence electrons. The normalized spacial score (nSPS) is 12.3. The highest BCUT2D eigenvalue weighted by Gasteiger charge is 2.12. The third kappa shape index (κ3) is 3.59. The van der Waals surface area contributed by atoms with Gasteiger partial charge in [0, 0.05) is 15.7 Å². The fourth-order valence-corrected chi connectivity index (χ4v) is 2.51. The zero-order chi connectivity index (χ0) is 14.0. The number of nitrogens with one attached hydrogen (secondary N) is 1. The molecule has 0 fully saturated rings. The average Bonchev–Trinajstić information content (AvgIpc) is 2.33. The largest absolute Gasteiger partial charge is 0.376 e. The van der Waals surface area contributed by atoms with E-state index in [-0.39, 0.29) is 11.9 Å². The SMILES string of the molecule is CC(Nc1cc(Br)cnc1Cl)c1ccc(F)cc1Cl. The third-order valence-electron chi connectivity index (χ3n) is 2.61. The Kier molecular flexibility index (Phi) is 4.66. The topological polar surface area (TPSA) is 24.9 Å². The summed E-state index contributed by atoms with van der Waals surface area (Å²) >= 11 is 15.4. The number of hydrogen-bond donors (Lipinski definition) is 1. The van der Waals surface area contributed by atoms with Crippen LogP contribution in [0.1, 0.15) is 18.5 Å². The van der Waals surface area contributed by atoms with E-state index in [1.807, 2.05) is 13.0 Å². The van der Waals surface area contributed by atoms with E-state index in [9.17, 15) is 4.39 Å². The second-order valence-corrected chi connectivity index (χ2v) is 5.70. The first-order valence-electron chi connectivity index (χ1n) is 5.50. The molecule has 0 saturated heterocycles. The van der Waals surface area contributed by atoms with Crippen LogP contribution in [0.4, 0.5) is 10.1 Å². The summed E-state index contributed by atoms with van der Waals surface area (Å²) in [5.41, 5.74) is 1.48. The van der Waals surface area contributed by atoms with Crippen LogP contribution in [0.3, 0.4) is 0 Å². The number of rotatable bonds is 3. The Morgan fingerprint density at radius 1 is 1.32 bits per heavy atom. The molecule has 0 aliphatic heterocycles. The van der Waals surface area contributed by atoms with E-state index in [2.05, 4.69) is 26.2 Å². The minimum atomic E-state index is -0.358. The molecule has 2 rings (SSSR count). The molecule has 0 aliphatic carbocycles. The number of anilines is 1. The molecule has 0 bridgehead atoms. The number of aromatic nitrogens is 1. The van der Waals surface area contributed by atoms with Gasteiger partial charge >= 0.3 is 0 Å². The Hall–Kier alpha value is -0.840. The van der Waals surface area contributed by atoms with Crippen LogP contribution >= 0.6 is 39.1 Å². The molecule has 1 atom stereocenters. The third-order valence-corrected chi connectivity index (χ3v) is 3.67. The van der Waals surface area contributed by atoms with E-state index >= 15 is 0 Å². The van der Waals surface area contributed by atoms with E-state index < -0.39 is 0 Å². The van der Waals surface area contributed by atoms with Crippen molar-refractivity contribution in [1.82, 2.24) is 4.98 Å². The van der Waals surface area contributed by atoms with Crippen molar-refractivity contribution in [2.75, 3.05) is 5.32 Å². The van der Waals surface area contributed by atoms with E-state index in [0.717, 1.165) is 10.0 Å². The fraction of sp³-hybridized carbons (Fsp3) is 0.154. The zero-order valence-corrected chi connectivity index (χ0v) is 13.0. The standard InChI is InChI=1S/C13H10BrCl2FN2/c1-7(10-3-2-9(17)5-11(10)15)19-12-4-8(14)6-18-13(12)16/h2-7,19H,1H3. The van der Waals surface area contributed by atoms with Gasteiger partial charge in [-0.25, -0.2) is 9.37 Å². The van der Waals surface area contributed by atoms with E-state index in [1.165, 1.54) is 12.1 Å². The predicted octanol–water partition coefficient (Wildman–Crippen LogP) is 5.46. The van der Waals surface area contributed by atoms with Gasteiger partial charge in [-0.05, 0) is 46.6 Å². The summed E-state index contributed by atoms with van der Waals surface area (Å²) in [5, 5.41) is 3.94. The minimum absolute atomic E-state index is 0.123. The Balaban J connectivity index is 2.25. The first-order chi connectivity index (χ1) is 8.97. The highest BCUT2D eigenvalue weighted by molar-refractivity contribution is 9.10. The van der Waals surface area contributed by atoms with Gasteiger partial charge in [-0.15, -0.1) is 0 Å². The van der Waals surface area contributed by atoms with Gasteiger partial charge in [0.15, 0.2) is 5.15 Å². The lowest BCUT2D eigenvalue weighted by atomic mass is 10.1. The molecule has 1 aromatic carbocycles. The van der Waals surface area contributed by atoms with Crippen molar-refractivity contribution < 1.29 is 4.39 Å². The van der Waals surface area contributed by atoms with Crippen LogP contribution in [0, 0.1) is 5.82 Å². The van der Waals surface area contributed by atoms with Crippen molar-refractivity contribution in [2.24, 2.45) is 0 Å². The van der Waals surface area contributed by atoms with Gasteiger partial charge in [0.25, 0.3) is 0 Å². The average molecular weight is 364 g/mol. The van der Waals surface area contributed by atoms with Crippen LogP contribution in [0.15, 0.2) is 34.9 Å². The number of pyridine rings is 1. The van der Waals surface area contributed by atoms with Crippen molar-refractivity contribution in [3.8, 4) is 0 Å². The summed E-state index contributed by atoms with van der Waals surface area (Å²) in [4.78, 5) is 4.02. The molecule has 1 N–H and O–H groups in total. The molecule has 19 heavy (non-hydrogen) atoms. The van der Waals surface area contributed by atoms with Crippen molar-refractivity contribution >= 4 is 44.8 Å². The minimum Gasteiger partial charge on any atom is -0.376 e. The Morgan fingerprint density at radius 3 is 2.74 bits per heavy atom. The highest BCUT2D eigenvalue weighted by atomic mass is 79.9. The number of halogens is 4. The van der Waals surface area contributed by atoms with Crippen LogP contribution in [0.25, 0.3) is 0 Å². The van der Waals surface area contributed by atoms with E-state index in [0.29, 0.717) is 15.9 Å². The Bertz CT molecular complexity index is 607. The van der Waals surface area contributed by atoms with Gasteiger partial charge in [0.1, 0.15) is 5.82 Å². The van der Waals surface area contributed by atoms with Crippen LogP contribution in [0.2, 0.25) is 10.2 Å². The molecule has 0 spiro atoms. The molecule has 2 nitrogen and oxygen atoms in total. The second kappa shape index (κ2) is 6.07. The Labute approximate surface area is 129 Å². The Morgan fingerprint density at radius 2 is 2.05 bits per heavy atom. The van der Waals surface area contributed by atoms with Gasteiger partial charge < -0.3 is 5.32 Å². The van der Waals surface area contributed by atoms with Crippen molar-refractivity contribution in [1.29, 1.82) is 0 Å². The van der Waals surface area contributed by atoms with Crippen LogP contribution in [-0.2, 0) is 0 Å². The number of hydrogen-bond acceptors (Lipinski definition) is 2. The monoisotopic (exact) mass is 362 g/mol. The molecular weight excluding hydrogens is 354 g/mol. The maximum atomic E-state index is 13.0. The van der Waals surface area contributed by atoms with Gasteiger partial charge in [-0.1, -0.05) is 29.3 Å². The van der Waals surface area contributed by atoms with Crippen molar-refractivity contribution in [2.45, 2.75) is 13.0 Å². The smallest absolute Gasteiger partial charge is 0.152 e. The highest BCUT2D eigenvalue weighted by Crippen LogP contribution is 2.30. The molecule has 1 aromatic heterocycles. The molecule has 0 saturated carbocycles. The van der Waals surface area contributed by atoms with Crippen LogP contribution in [-0.4, -0.2) is 4.98 Å².